The largest absolute Gasteiger partial charge is 0.402 e. The highest BCUT2D eigenvalue weighted by atomic mass is 19.4. The van der Waals surface area contributed by atoms with Crippen molar-refractivity contribution in [3.63, 3.8) is 0 Å². The second-order valence-electron chi connectivity index (χ2n) is 5.31. The molecule has 118 valence electrons. The standard InChI is InChI=1S/C15H17F3N4/c1-14(15(16,17)18,8-2-4-10(19)12(21)6-8)9-3-5-11(20)13(22)7-9/h2-7H,19-22H2,1H3. The average molecular weight is 310 g/mol. The minimum atomic E-state index is -4.56. The fraction of sp³-hybridized carbons (Fsp3) is 0.200. The Balaban J connectivity index is 2.72. The maximum Gasteiger partial charge on any atom is 0.402 e. The SMILES string of the molecule is CC(c1ccc(N)c(N)c1)(c1ccc(N)c(N)c1)C(F)(F)F. The first-order valence-corrected chi connectivity index (χ1v) is 6.45. The molecule has 0 aromatic heterocycles. The molecule has 0 aliphatic heterocycles. The first-order valence-electron chi connectivity index (χ1n) is 6.45. The summed E-state index contributed by atoms with van der Waals surface area (Å²) in [5, 5.41) is 0. The highest BCUT2D eigenvalue weighted by Gasteiger charge is 2.53. The lowest BCUT2D eigenvalue weighted by Gasteiger charge is -2.33. The van der Waals surface area contributed by atoms with E-state index in [9.17, 15) is 13.2 Å². The van der Waals surface area contributed by atoms with Crippen molar-refractivity contribution < 1.29 is 13.2 Å². The molecule has 0 amide bonds. The van der Waals surface area contributed by atoms with Crippen LogP contribution in [0.15, 0.2) is 36.4 Å². The maximum atomic E-state index is 13.8. The maximum absolute atomic E-state index is 13.8. The van der Waals surface area contributed by atoms with Crippen LogP contribution < -0.4 is 22.9 Å². The highest BCUT2D eigenvalue weighted by Crippen LogP contribution is 2.47. The van der Waals surface area contributed by atoms with E-state index in [2.05, 4.69) is 0 Å². The predicted molar refractivity (Wildman–Crippen MR) is 83.0 cm³/mol. The molecule has 0 spiro atoms. The minimum Gasteiger partial charge on any atom is -0.397 e. The lowest BCUT2D eigenvalue weighted by Crippen LogP contribution is -2.40. The fourth-order valence-corrected chi connectivity index (χ4v) is 2.27. The zero-order chi connectivity index (χ0) is 16.7. The monoisotopic (exact) mass is 310 g/mol. The normalized spacial score (nSPS) is 12.4. The van der Waals surface area contributed by atoms with Gasteiger partial charge in [-0.25, -0.2) is 0 Å². The van der Waals surface area contributed by atoms with Crippen molar-refractivity contribution >= 4 is 22.7 Å². The molecular weight excluding hydrogens is 293 g/mol. The van der Waals surface area contributed by atoms with Crippen LogP contribution in [0.5, 0.6) is 0 Å². The van der Waals surface area contributed by atoms with Crippen molar-refractivity contribution in [1.29, 1.82) is 0 Å². The van der Waals surface area contributed by atoms with Gasteiger partial charge in [-0.15, -0.1) is 0 Å². The minimum absolute atomic E-state index is 0.0177. The summed E-state index contributed by atoms with van der Waals surface area (Å²) in [6, 6.07) is 7.80. The molecule has 8 N–H and O–H groups in total. The number of anilines is 4. The summed E-state index contributed by atoms with van der Waals surface area (Å²) < 4.78 is 41.4. The number of hydrogen-bond acceptors (Lipinski definition) is 4. The van der Waals surface area contributed by atoms with Crippen LogP contribution in [0.4, 0.5) is 35.9 Å². The van der Waals surface area contributed by atoms with Crippen LogP contribution in [0.2, 0.25) is 0 Å². The molecule has 2 aromatic carbocycles. The average Bonchev–Trinajstić information content (AvgIpc) is 2.42. The molecule has 0 fully saturated rings. The van der Waals surface area contributed by atoms with Gasteiger partial charge in [0.1, 0.15) is 5.41 Å². The first-order chi connectivity index (χ1) is 10.1. The van der Waals surface area contributed by atoms with Crippen LogP contribution >= 0.6 is 0 Å². The second kappa shape index (κ2) is 5.01. The summed E-state index contributed by atoms with van der Waals surface area (Å²) in [5.74, 6) is 0. The summed E-state index contributed by atoms with van der Waals surface area (Å²) in [5.41, 5.74) is 20.8. The molecule has 0 radical (unpaired) electrons. The van der Waals surface area contributed by atoms with Gasteiger partial charge in [0.05, 0.1) is 22.7 Å². The number of alkyl halides is 3. The lowest BCUT2D eigenvalue weighted by molar-refractivity contribution is -0.173. The van der Waals surface area contributed by atoms with Gasteiger partial charge in [0.25, 0.3) is 0 Å². The van der Waals surface area contributed by atoms with Crippen LogP contribution in [0.1, 0.15) is 18.1 Å². The van der Waals surface area contributed by atoms with E-state index in [1.54, 1.807) is 0 Å². The Labute approximate surface area is 125 Å². The third kappa shape index (κ3) is 2.38. The van der Waals surface area contributed by atoms with Crippen molar-refractivity contribution in [3.05, 3.63) is 47.5 Å². The number of nitrogen functional groups attached to an aromatic ring is 4. The Morgan fingerprint density at radius 1 is 0.682 bits per heavy atom. The molecule has 0 saturated carbocycles. The van der Waals surface area contributed by atoms with Gasteiger partial charge >= 0.3 is 6.18 Å². The van der Waals surface area contributed by atoms with Gasteiger partial charge in [0.15, 0.2) is 0 Å². The summed E-state index contributed by atoms with van der Waals surface area (Å²) in [6.07, 6.45) is -4.56. The van der Waals surface area contributed by atoms with Gasteiger partial charge in [-0.2, -0.15) is 13.2 Å². The Kier molecular flexibility index (Phi) is 3.60. The molecule has 2 aromatic rings. The van der Waals surface area contributed by atoms with Crippen LogP contribution in [-0.4, -0.2) is 6.18 Å². The molecule has 4 nitrogen and oxygen atoms in total. The predicted octanol–water partition coefficient (Wildman–Crippen LogP) is 2.88. The van der Waals surface area contributed by atoms with Crippen molar-refractivity contribution in [1.82, 2.24) is 0 Å². The van der Waals surface area contributed by atoms with Crippen LogP contribution in [0.25, 0.3) is 0 Å². The number of benzene rings is 2. The molecule has 0 heterocycles. The first kappa shape index (κ1) is 15.8. The van der Waals surface area contributed by atoms with Crippen molar-refractivity contribution in [3.8, 4) is 0 Å². The topological polar surface area (TPSA) is 104 Å². The van der Waals surface area contributed by atoms with Gasteiger partial charge in [0.2, 0.25) is 0 Å². The van der Waals surface area contributed by atoms with Gasteiger partial charge < -0.3 is 22.9 Å². The fourth-order valence-electron chi connectivity index (χ4n) is 2.27. The van der Waals surface area contributed by atoms with E-state index in [0.29, 0.717) is 0 Å². The van der Waals surface area contributed by atoms with Crippen LogP contribution in [0, 0.1) is 0 Å². The zero-order valence-electron chi connectivity index (χ0n) is 11.9. The number of nitrogens with two attached hydrogens (primary N) is 4. The molecule has 0 atom stereocenters. The Morgan fingerprint density at radius 3 is 1.32 bits per heavy atom. The second-order valence-corrected chi connectivity index (χ2v) is 5.31. The summed E-state index contributed by atoms with van der Waals surface area (Å²) >= 11 is 0. The molecule has 0 aliphatic rings. The van der Waals surface area contributed by atoms with Crippen molar-refractivity contribution in [2.24, 2.45) is 0 Å². The van der Waals surface area contributed by atoms with E-state index in [0.717, 1.165) is 6.92 Å². The summed E-state index contributed by atoms with van der Waals surface area (Å²) in [6.45, 7) is 1.07. The van der Waals surface area contributed by atoms with Gasteiger partial charge in [-0.3, -0.25) is 0 Å². The molecule has 0 bridgehead atoms. The van der Waals surface area contributed by atoms with Crippen molar-refractivity contribution in [2.45, 2.75) is 18.5 Å². The third-order valence-corrected chi connectivity index (χ3v) is 3.90. The van der Waals surface area contributed by atoms with E-state index in [-0.39, 0.29) is 33.9 Å². The number of hydrogen-bond donors (Lipinski definition) is 4. The summed E-state index contributed by atoms with van der Waals surface area (Å²) in [4.78, 5) is 0. The van der Waals surface area contributed by atoms with E-state index >= 15 is 0 Å². The highest BCUT2D eigenvalue weighted by molar-refractivity contribution is 5.68. The molecular formula is C15H17F3N4. The van der Waals surface area contributed by atoms with Crippen LogP contribution in [-0.2, 0) is 5.41 Å². The van der Waals surface area contributed by atoms with Gasteiger partial charge in [0, 0.05) is 0 Å². The quantitative estimate of drug-likeness (QED) is 0.640. The Hall–Kier alpha value is -2.57. The molecule has 0 saturated heterocycles. The lowest BCUT2D eigenvalue weighted by atomic mass is 9.75. The molecule has 22 heavy (non-hydrogen) atoms. The van der Waals surface area contributed by atoms with Crippen LogP contribution in [0.3, 0.4) is 0 Å². The van der Waals surface area contributed by atoms with E-state index in [4.69, 9.17) is 22.9 Å². The Morgan fingerprint density at radius 2 is 1.05 bits per heavy atom. The van der Waals surface area contributed by atoms with Crippen molar-refractivity contribution in [2.75, 3.05) is 22.9 Å². The van der Waals surface area contributed by atoms with Gasteiger partial charge in [-0.1, -0.05) is 12.1 Å². The van der Waals surface area contributed by atoms with E-state index in [1.165, 1.54) is 36.4 Å². The molecule has 2 rings (SSSR count). The van der Waals surface area contributed by atoms with E-state index in [1.807, 2.05) is 0 Å². The smallest absolute Gasteiger partial charge is 0.397 e. The molecule has 0 unspecified atom stereocenters. The third-order valence-electron chi connectivity index (χ3n) is 3.90. The molecule has 7 heteroatoms. The number of rotatable bonds is 2. The number of halogens is 3. The molecule has 0 aliphatic carbocycles. The zero-order valence-corrected chi connectivity index (χ0v) is 11.9. The van der Waals surface area contributed by atoms with Gasteiger partial charge in [-0.05, 0) is 42.3 Å². The Bertz CT molecular complexity index is 659. The van der Waals surface area contributed by atoms with E-state index < -0.39 is 11.6 Å². The summed E-state index contributed by atoms with van der Waals surface area (Å²) in [7, 11) is 0.